The van der Waals surface area contributed by atoms with Crippen LogP contribution >= 0.6 is 0 Å². The van der Waals surface area contributed by atoms with Gasteiger partial charge in [0.1, 0.15) is 0 Å². The zero-order valence-corrected chi connectivity index (χ0v) is 8.45. The first-order valence-corrected chi connectivity index (χ1v) is 4.54. The normalized spacial score (nSPS) is 15.3. The van der Waals surface area contributed by atoms with Crippen molar-refractivity contribution in [3.8, 4) is 0 Å². The lowest BCUT2D eigenvalue weighted by atomic mass is 10.1. The molecule has 0 radical (unpaired) electrons. The lowest BCUT2D eigenvalue weighted by molar-refractivity contribution is -0.160. The Morgan fingerprint density at radius 2 is 2.08 bits per heavy atom. The zero-order valence-electron chi connectivity index (χ0n) is 8.45. The van der Waals surface area contributed by atoms with E-state index in [0.29, 0.717) is 13.0 Å². The minimum atomic E-state index is -0.956. The van der Waals surface area contributed by atoms with Crippen molar-refractivity contribution in [3.63, 3.8) is 0 Å². The lowest BCUT2D eigenvalue weighted by Crippen LogP contribution is -2.37. The summed E-state index contributed by atoms with van der Waals surface area (Å²) in [6.45, 7) is 4.27. The Morgan fingerprint density at radius 3 is 2.38 bits per heavy atom. The van der Waals surface area contributed by atoms with E-state index in [1.54, 1.807) is 0 Å². The van der Waals surface area contributed by atoms with Crippen LogP contribution in [0.3, 0.4) is 0 Å². The maximum Gasteiger partial charge on any atom is 0.335 e. The summed E-state index contributed by atoms with van der Waals surface area (Å²) >= 11 is 0. The van der Waals surface area contributed by atoms with Gasteiger partial charge < -0.3 is 14.6 Å². The Kier molecular flexibility index (Phi) is 6.54. The first-order valence-electron chi connectivity index (χ1n) is 4.54. The van der Waals surface area contributed by atoms with Crippen LogP contribution in [0.1, 0.15) is 26.7 Å². The smallest absolute Gasteiger partial charge is 0.335 e. The summed E-state index contributed by atoms with van der Waals surface area (Å²) in [5.41, 5.74) is 0. The highest BCUT2D eigenvalue weighted by molar-refractivity contribution is 5.73. The van der Waals surface area contributed by atoms with E-state index in [1.165, 1.54) is 7.11 Å². The largest absolute Gasteiger partial charge is 0.479 e. The summed E-state index contributed by atoms with van der Waals surface area (Å²) in [7, 11) is 1.50. The molecule has 4 nitrogen and oxygen atoms in total. The van der Waals surface area contributed by atoms with Crippen LogP contribution in [-0.4, -0.2) is 37.0 Å². The number of methoxy groups -OCH3 is 1. The molecule has 0 aromatic carbocycles. The number of hydrogen-bond donors (Lipinski definition) is 1. The van der Waals surface area contributed by atoms with Gasteiger partial charge in [-0.3, -0.25) is 0 Å². The predicted octanol–water partition coefficient (Wildman–Crippen LogP) is 1.29. The average Bonchev–Trinajstić information content (AvgIpc) is 2.11. The fourth-order valence-electron chi connectivity index (χ4n) is 1.09. The van der Waals surface area contributed by atoms with E-state index in [2.05, 4.69) is 0 Å². The van der Waals surface area contributed by atoms with E-state index >= 15 is 0 Å². The molecule has 4 heteroatoms. The molecule has 0 aliphatic rings. The molecule has 0 aromatic rings. The van der Waals surface area contributed by atoms with Gasteiger partial charge in [0.25, 0.3) is 0 Å². The highest BCUT2D eigenvalue weighted by atomic mass is 16.6. The van der Waals surface area contributed by atoms with Crippen LogP contribution in [0.4, 0.5) is 0 Å². The number of rotatable bonds is 7. The van der Waals surface area contributed by atoms with Crippen molar-refractivity contribution in [1.82, 2.24) is 0 Å². The van der Waals surface area contributed by atoms with Gasteiger partial charge in [-0.05, 0) is 12.8 Å². The van der Waals surface area contributed by atoms with Crippen LogP contribution < -0.4 is 0 Å². The fourth-order valence-corrected chi connectivity index (χ4v) is 1.09. The second kappa shape index (κ2) is 6.86. The van der Waals surface area contributed by atoms with Gasteiger partial charge in [0.2, 0.25) is 0 Å². The van der Waals surface area contributed by atoms with Crippen LogP contribution in [0, 0.1) is 0 Å². The molecule has 1 N–H and O–H groups in total. The molecule has 13 heavy (non-hydrogen) atoms. The number of carboxylic acids is 1. The first kappa shape index (κ1) is 12.4. The number of carboxylic acid groups (broad SMARTS) is 1. The summed E-state index contributed by atoms with van der Waals surface area (Å²) in [5.74, 6) is -0.956. The average molecular weight is 190 g/mol. The van der Waals surface area contributed by atoms with Gasteiger partial charge in [-0.25, -0.2) is 4.79 Å². The van der Waals surface area contributed by atoms with Crippen molar-refractivity contribution < 1.29 is 19.4 Å². The molecule has 0 aromatic heterocycles. The third-order valence-electron chi connectivity index (χ3n) is 1.79. The summed E-state index contributed by atoms with van der Waals surface area (Å²) in [6, 6.07) is 0. The molecule has 0 fully saturated rings. The van der Waals surface area contributed by atoms with Crippen molar-refractivity contribution in [1.29, 1.82) is 0 Å². The van der Waals surface area contributed by atoms with Gasteiger partial charge in [-0.2, -0.15) is 0 Å². The molecule has 0 saturated heterocycles. The molecule has 0 aliphatic heterocycles. The van der Waals surface area contributed by atoms with Crippen molar-refractivity contribution in [2.75, 3.05) is 13.7 Å². The van der Waals surface area contributed by atoms with Gasteiger partial charge >= 0.3 is 5.97 Å². The fraction of sp³-hybridized carbons (Fsp3) is 0.889. The predicted molar refractivity (Wildman–Crippen MR) is 48.8 cm³/mol. The van der Waals surface area contributed by atoms with Crippen LogP contribution in [0.25, 0.3) is 0 Å². The Labute approximate surface area is 78.8 Å². The maximum absolute atomic E-state index is 10.8. The number of aliphatic carboxylic acids is 1. The van der Waals surface area contributed by atoms with Crippen LogP contribution in [-0.2, 0) is 14.3 Å². The highest BCUT2D eigenvalue weighted by Gasteiger charge is 2.27. The van der Waals surface area contributed by atoms with Gasteiger partial charge in [0.05, 0.1) is 6.10 Å². The van der Waals surface area contributed by atoms with E-state index in [0.717, 1.165) is 6.42 Å². The van der Waals surface area contributed by atoms with E-state index < -0.39 is 12.1 Å². The molecule has 0 spiro atoms. The third-order valence-corrected chi connectivity index (χ3v) is 1.79. The topological polar surface area (TPSA) is 55.8 Å². The molecule has 0 rings (SSSR count). The Hall–Kier alpha value is -0.610. The van der Waals surface area contributed by atoms with E-state index in [-0.39, 0.29) is 6.10 Å². The molecule has 2 atom stereocenters. The first-order chi connectivity index (χ1) is 6.17. The quantitative estimate of drug-likeness (QED) is 0.657. The van der Waals surface area contributed by atoms with E-state index in [9.17, 15) is 4.79 Å². The maximum atomic E-state index is 10.8. The summed E-state index contributed by atoms with van der Waals surface area (Å²) in [5, 5.41) is 8.83. The van der Waals surface area contributed by atoms with Gasteiger partial charge in [-0.1, -0.05) is 13.8 Å². The van der Waals surface area contributed by atoms with E-state index in [1.807, 2.05) is 13.8 Å². The second-order valence-corrected chi connectivity index (χ2v) is 2.81. The second-order valence-electron chi connectivity index (χ2n) is 2.81. The minimum Gasteiger partial charge on any atom is -0.479 e. The monoisotopic (exact) mass is 190 g/mol. The van der Waals surface area contributed by atoms with Crippen molar-refractivity contribution in [2.24, 2.45) is 0 Å². The van der Waals surface area contributed by atoms with Gasteiger partial charge in [0, 0.05) is 13.7 Å². The summed E-state index contributed by atoms with van der Waals surface area (Å²) in [6.07, 6.45) is 0.250. The van der Waals surface area contributed by atoms with Crippen molar-refractivity contribution in [2.45, 2.75) is 38.9 Å². The summed E-state index contributed by atoms with van der Waals surface area (Å²) in [4.78, 5) is 10.8. The molecule has 0 saturated carbocycles. The standard InChI is InChI=1S/C9H18O4/c1-4-6-13-8(9(10)11)7(5-2)12-3/h7-8H,4-6H2,1-3H3,(H,10,11). The SMILES string of the molecule is CCCOC(C(=O)O)C(CC)OC. The Morgan fingerprint density at radius 1 is 1.46 bits per heavy atom. The molecular formula is C9H18O4. The van der Waals surface area contributed by atoms with Crippen molar-refractivity contribution in [3.05, 3.63) is 0 Å². The Balaban J connectivity index is 4.12. The molecule has 0 heterocycles. The van der Waals surface area contributed by atoms with Crippen LogP contribution in [0.15, 0.2) is 0 Å². The van der Waals surface area contributed by atoms with Crippen LogP contribution in [0.5, 0.6) is 0 Å². The highest BCUT2D eigenvalue weighted by Crippen LogP contribution is 2.08. The number of carbonyl (C=O) groups is 1. The Bertz CT molecular complexity index is 143. The zero-order chi connectivity index (χ0) is 10.3. The number of ether oxygens (including phenoxy) is 2. The molecule has 2 unspecified atom stereocenters. The molecule has 0 bridgehead atoms. The summed E-state index contributed by atoms with van der Waals surface area (Å²) < 4.78 is 10.2. The molecule has 0 aliphatic carbocycles. The molecular weight excluding hydrogens is 172 g/mol. The van der Waals surface area contributed by atoms with E-state index in [4.69, 9.17) is 14.6 Å². The van der Waals surface area contributed by atoms with Crippen molar-refractivity contribution >= 4 is 5.97 Å². The van der Waals surface area contributed by atoms with Crippen LogP contribution in [0.2, 0.25) is 0 Å². The third kappa shape index (κ3) is 4.24. The van der Waals surface area contributed by atoms with Gasteiger partial charge in [-0.15, -0.1) is 0 Å². The molecule has 0 amide bonds. The molecule has 78 valence electrons. The minimum absolute atomic E-state index is 0.357. The number of hydrogen-bond acceptors (Lipinski definition) is 3. The van der Waals surface area contributed by atoms with Gasteiger partial charge in [0.15, 0.2) is 6.10 Å². The lowest BCUT2D eigenvalue weighted by Gasteiger charge is -2.21.